The van der Waals surface area contributed by atoms with Gasteiger partial charge in [-0.05, 0) is 36.4 Å². The lowest BCUT2D eigenvalue weighted by Gasteiger charge is -1.98. The summed E-state index contributed by atoms with van der Waals surface area (Å²) >= 11 is 0. The standard InChI is InChI=1S/C17H9FN2O3/c18-11-7-5-10(6-8-11)16-19-20-17(23-16)13-9-22-14-4-2-1-3-12(14)15(13)21/h1-9H. The van der Waals surface area contributed by atoms with Crippen molar-refractivity contribution in [1.82, 2.24) is 10.2 Å². The fourth-order valence-corrected chi connectivity index (χ4v) is 2.27. The number of nitrogens with zero attached hydrogens (tertiary/aromatic N) is 2. The molecular weight excluding hydrogens is 299 g/mol. The smallest absolute Gasteiger partial charge is 0.255 e. The van der Waals surface area contributed by atoms with E-state index in [2.05, 4.69) is 10.2 Å². The van der Waals surface area contributed by atoms with Gasteiger partial charge in [-0.3, -0.25) is 4.79 Å². The zero-order chi connectivity index (χ0) is 15.8. The third kappa shape index (κ3) is 2.30. The highest BCUT2D eigenvalue weighted by Gasteiger charge is 2.16. The van der Waals surface area contributed by atoms with Gasteiger partial charge in [0.2, 0.25) is 11.3 Å². The topological polar surface area (TPSA) is 69.1 Å². The Morgan fingerprint density at radius 1 is 0.913 bits per heavy atom. The SMILES string of the molecule is O=c1c(-c2nnc(-c3ccc(F)cc3)o2)coc2ccccc12. The second-order valence-corrected chi connectivity index (χ2v) is 4.89. The van der Waals surface area contributed by atoms with Gasteiger partial charge in [0.1, 0.15) is 23.2 Å². The lowest BCUT2D eigenvalue weighted by molar-refractivity contribution is 0.569. The summed E-state index contributed by atoms with van der Waals surface area (Å²) in [5.74, 6) is -0.0972. The minimum atomic E-state index is -0.358. The van der Waals surface area contributed by atoms with E-state index in [1.54, 1.807) is 24.3 Å². The predicted molar refractivity (Wildman–Crippen MR) is 81.2 cm³/mol. The van der Waals surface area contributed by atoms with E-state index in [9.17, 15) is 9.18 Å². The summed E-state index contributed by atoms with van der Waals surface area (Å²) in [6.07, 6.45) is 1.30. The number of hydrogen-bond acceptors (Lipinski definition) is 5. The maximum atomic E-state index is 13.0. The van der Waals surface area contributed by atoms with Gasteiger partial charge in [-0.1, -0.05) is 12.1 Å². The first-order valence-electron chi connectivity index (χ1n) is 6.83. The zero-order valence-corrected chi connectivity index (χ0v) is 11.7. The van der Waals surface area contributed by atoms with E-state index in [0.717, 1.165) is 0 Å². The molecule has 4 rings (SSSR count). The van der Waals surface area contributed by atoms with E-state index >= 15 is 0 Å². The molecule has 0 saturated heterocycles. The first-order chi connectivity index (χ1) is 11.2. The average Bonchev–Trinajstić information content (AvgIpc) is 3.06. The number of hydrogen-bond donors (Lipinski definition) is 0. The molecule has 23 heavy (non-hydrogen) atoms. The fourth-order valence-electron chi connectivity index (χ4n) is 2.27. The molecule has 0 aliphatic heterocycles. The van der Waals surface area contributed by atoms with Crippen molar-refractivity contribution < 1.29 is 13.2 Å². The summed E-state index contributed by atoms with van der Waals surface area (Å²) in [5.41, 5.74) is 0.987. The highest BCUT2D eigenvalue weighted by atomic mass is 19.1. The number of rotatable bonds is 2. The van der Waals surface area contributed by atoms with Gasteiger partial charge in [0.15, 0.2) is 0 Å². The molecule has 0 bridgehead atoms. The Hall–Kier alpha value is -3.28. The lowest BCUT2D eigenvalue weighted by Crippen LogP contribution is -2.04. The fraction of sp³-hybridized carbons (Fsp3) is 0. The molecule has 0 spiro atoms. The van der Waals surface area contributed by atoms with Gasteiger partial charge >= 0.3 is 0 Å². The normalized spacial score (nSPS) is 11.0. The third-order valence-corrected chi connectivity index (χ3v) is 3.43. The summed E-state index contributed by atoms with van der Waals surface area (Å²) in [6, 6.07) is 12.5. The molecule has 0 aliphatic rings. The van der Waals surface area contributed by atoms with Crippen LogP contribution in [0.15, 0.2) is 68.4 Å². The summed E-state index contributed by atoms with van der Waals surface area (Å²) in [7, 11) is 0. The number of para-hydroxylation sites is 1. The number of benzene rings is 2. The molecule has 0 saturated carbocycles. The largest absolute Gasteiger partial charge is 0.463 e. The lowest BCUT2D eigenvalue weighted by atomic mass is 10.2. The quantitative estimate of drug-likeness (QED) is 0.565. The molecule has 0 atom stereocenters. The molecule has 112 valence electrons. The first kappa shape index (κ1) is 13.4. The van der Waals surface area contributed by atoms with Crippen LogP contribution in [0, 0.1) is 5.82 Å². The van der Waals surface area contributed by atoms with Crippen molar-refractivity contribution in [2.24, 2.45) is 0 Å². The molecule has 2 aromatic heterocycles. The van der Waals surface area contributed by atoms with Crippen LogP contribution < -0.4 is 5.43 Å². The minimum absolute atomic E-state index is 0.0591. The van der Waals surface area contributed by atoms with Crippen LogP contribution in [0.25, 0.3) is 33.9 Å². The Labute approximate surface area is 129 Å². The van der Waals surface area contributed by atoms with Crippen molar-refractivity contribution in [1.29, 1.82) is 0 Å². The molecule has 2 aromatic carbocycles. The molecule has 5 nitrogen and oxygen atoms in total. The van der Waals surface area contributed by atoms with Crippen LogP contribution in [0.4, 0.5) is 4.39 Å². The zero-order valence-electron chi connectivity index (χ0n) is 11.7. The highest BCUT2D eigenvalue weighted by molar-refractivity contribution is 5.79. The Bertz CT molecular complexity index is 1050. The minimum Gasteiger partial charge on any atom is -0.463 e. The van der Waals surface area contributed by atoms with E-state index < -0.39 is 0 Å². The van der Waals surface area contributed by atoms with Crippen LogP contribution in [-0.2, 0) is 0 Å². The van der Waals surface area contributed by atoms with E-state index in [1.807, 2.05) is 0 Å². The third-order valence-electron chi connectivity index (χ3n) is 3.43. The Kier molecular flexibility index (Phi) is 3.01. The molecule has 0 fully saturated rings. The van der Waals surface area contributed by atoms with Gasteiger partial charge in [0.05, 0.1) is 5.39 Å². The molecule has 2 heterocycles. The van der Waals surface area contributed by atoms with Crippen molar-refractivity contribution in [2.75, 3.05) is 0 Å². The van der Waals surface area contributed by atoms with Crippen LogP contribution in [0.2, 0.25) is 0 Å². The van der Waals surface area contributed by atoms with Crippen molar-refractivity contribution in [3.8, 4) is 22.9 Å². The van der Waals surface area contributed by atoms with Crippen molar-refractivity contribution in [3.63, 3.8) is 0 Å². The van der Waals surface area contributed by atoms with Gasteiger partial charge in [-0.15, -0.1) is 10.2 Å². The Balaban J connectivity index is 1.82. The van der Waals surface area contributed by atoms with Gasteiger partial charge in [-0.2, -0.15) is 0 Å². The molecule has 0 N–H and O–H groups in total. The van der Waals surface area contributed by atoms with E-state index in [1.165, 1.54) is 30.5 Å². The Morgan fingerprint density at radius 2 is 1.65 bits per heavy atom. The van der Waals surface area contributed by atoms with Crippen molar-refractivity contribution in [2.45, 2.75) is 0 Å². The van der Waals surface area contributed by atoms with Crippen LogP contribution in [0.1, 0.15) is 0 Å². The summed E-state index contributed by atoms with van der Waals surface area (Å²) < 4.78 is 23.9. The number of halogens is 1. The average molecular weight is 308 g/mol. The van der Waals surface area contributed by atoms with Gasteiger partial charge < -0.3 is 8.83 Å². The van der Waals surface area contributed by atoms with E-state index in [0.29, 0.717) is 16.5 Å². The molecular formula is C17H9FN2O3. The summed E-state index contributed by atoms with van der Waals surface area (Å²) in [5, 5.41) is 8.21. The predicted octanol–water partition coefficient (Wildman–Crippen LogP) is 3.65. The van der Waals surface area contributed by atoms with E-state index in [4.69, 9.17) is 8.83 Å². The first-order valence-corrected chi connectivity index (χ1v) is 6.83. The highest BCUT2D eigenvalue weighted by Crippen LogP contribution is 2.23. The van der Waals surface area contributed by atoms with Crippen LogP contribution in [0.5, 0.6) is 0 Å². The molecule has 0 aliphatic carbocycles. The number of fused-ring (bicyclic) bond motifs is 1. The van der Waals surface area contributed by atoms with Gasteiger partial charge in [0, 0.05) is 5.56 Å². The van der Waals surface area contributed by atoms with E-state index in [-0.39, 0.29) is 28.6 Å². The molecule has 0 unspecified atom stereocenters. The van der Waals surface area contributed by atoms with Gasteiger partial charge in [0.25, 0.3) is 5.89 Å². The second-order valence-electron chi connectivity index (χ2n) is 4.89. The van der Waals surface area contributed by atoms with Crippen LogP contribution in [0.3, 0.4) is 0 Å². The van der Waals surface area contributed by atoms with Crippen molar-refractivity contribution in [3.05, 3.63) is 70.8 Å². The maximum Gasteiger partial charge on any atom is 0.255 e. The monoisotopic (exact) mass is 308 g/mol. The van der Waals surface area contributed by atoms with Crippen LogP contribution in [-0.4, -0.2) is 10.2 Å². The van der Waals surface area contributed by atoms with Crippen LogP contribution >= 0.6 is 0 Å². The molecule has 6 heteroatoms. The van der Waals surface area contributed by atoms with Crippen molar-refractivity contribution >= 4 is 11.0 Å². The number of aromatic nitrogens is 2. The molecule has 0 radical (unpaired) electrons. The summed E-state index contributed by atoms with van der Waals surface area (Å²) in [6.45, 7) is 0. The molecule has 4 aromatic rings. The Morgan fingerprint density at radius 3 is 2.48 bits per heavy atom. The second kappa shape index (κ2) is 5.17. The molecule has 0 amide bonds. The maximum absolute atomic E-state index is 13.0. The summed E-state index contributed by atoms with van der Waals surface area (Å²) in [4.78, 5) is 12.5. The van der Waals surface area contributed by atoms with Gasteiger partial charge in [-0.25, -0.2) is 4.39 Å².